The standard InChI is InChI=1S/C8H10BrClN2/c1-6(12(2)10)7-3-4-11-8(9)5-7/h3-6H,1-2H3/t6-/m0/s1. The van der Waals surface area contributed by atoms with Crippen molar-refractivity contribution < 1.29 is 0 Å². The van der Waals surface area contributed by atoms with Gasteiger partial charge in [-0.25, -0.2) is 9.40 Å². The Labute approximate surface area is 85.8 Å². The predicted molar refractivity (Wildman–Crippen MR) is 54.0 cm³/mol. The highest BCUT2D eigenvalue weighted by atomic mass is 79.9. The second-order valence-electron chi connectivity index (χ2n) is 2.61. The van der Waals surface area contributed by atoms with E-state index in [9.17, 15) is 0 Å². The summed E-state index contributed by atoms with van der Waals surface area (Å²) >= 11 is 9.12. The van der Waals surface area contributed by atoms with Crippen molar-refractivity contribution in [3.05, 3.63) is 28.5 Å². The van der Waals surface area contributed by atoms with Crippen LogP contribution in [-0.2, 0) is 0 Å². The molecule has 0 saturated carbocycles. The second kappa shape index (κ2) is 4.21. The quantitative estimate of drug-likeness (QED) is 0.592. The highest BCUT2D eigenvalue weighted by Crippen LogP contribution is 2.21. The summed E-state index contributed by atoms with van der Waals surface area (Å²) in [6.45, 7) is 2.04. The van der Waals surface area contributed by atoms with Gasteiger partial charge in [0, 0.05) is 19.3 Å². The number of nitrogens with zero attached hydrogens (tertiary/aromatic N) is 2. The third kappa shape index (κ3) is 2.44. The van der Waals surface area contributed by atoms with Crippen LogP contribution in [0.1, 0.15) is 18.5 Å². The molecule has 2 nitrogen and oxygen atoms in total. The molecule has 1 heterocycles. The van der Waals surface area contributed by atoms with Crippen LogP contribution >= 0.6 is 27.7 Å². The monoisotopic (exact) mass is 248 g/mol. The van der Waals surface area contributed by atoms with Crippen LogP contribution in [0.2, 0.25) is 0 Å². The number of halogens is 2. The van der Waals surface area contributed by atoms with Gasteiger partial charge in [0.25, 0.3) is 0 Å². The maximum Gasteiger partial charge on any atom is 0.106 e. The van der Waals surface area contributed by atoms with Gasteiger partial charge in [-0.15, -0.1) is 0 Å². The van der Waals surface area contributed by atoms with Crippen molar-refractivity contribution in [2.75, 3.05) is 7.05 Å². The highest BCUT2D eigenvalue weighted by molar-refractivity contribution is 9.10. The second-order valence-corrected chi connectivity index (χ2v) is 3.96. The van der Waals surface area contributed by atoms with E-state index in [2.05, 4.69) is 20.9 Å². The van der Waals surface area contributed by atoms with Crippen LogP contribution in [0, 0.1) is 0 Å². The lowest BCUT2D eigenvalue weighted by molar-refractivity contribution is 0.437. The first-order chi connectivity index (χ1) is 5.61. The van der Waals surface area contributed by atoms with E-state index in [-0.39, 0.29) is 6.04 Å². The first kappa shape index (κ1) is 9.96. The molecule has 1 aromatic rings. The molecule has 12 heavy (non-hydrogen) atoms. The SMILES string of the molecule is C[C@@H](c1ccnc(Br)c1)N(C)Cl. The van der Waals surface area contributed by atoms with Crippen LogP contribution in [0.4, 0.5) is 0 Å². The maximum absolute atomic E-state index is 5.81. The van der Waals surface area contributed by atoms with E-state index in [0.29, 0.717) is 0 Å². The Morgan fingerprint density at radius 1 is 1.67 bits per heavy atom. The smallest absolute Gasteiger partial charge is 0.106 e. The van der Waals surface area contributed by atoms with Gasteiger partial charge in [-0.1, -0.05) is 0 Å². The van der Waals surface area contributed by atoms with E-state index >= 15 is 0 Å². The molecule has 4 heteroatoms. The van der Waals surface area contributed by atoms with Crippen LogP contribution in [0.25, 0.3) is 0 Å². The van der Waals surface area contributed by atoms with Crippen LogP contribution in [0.5, 0.6) is 0 Å². The first-order valence-corrected chi connectivity index (χ1v) is 4.74. The molecular formula is C8H10BrClN2. The van der Waals surface area contributed by atoms with Crippen molar-refractivity contribution in [3.63, 3.8) is 0 Å². The normalized spacial score (nSPS) is 13.4. The summed E-state index contributed by atoms with van der Waals surface area (Å²) in [4.78, 5) is 4.04. The fourth-order valence-electron chi connectivity index (χ4n) is 0.883. The van der Waals surface area contributed by atoms with Crippen LogP contribution in [0.3, 0.4) is 0 Å². The van der Waals surface area contributed by atoms with Gasteiger partial charge in [-0.2, -0.15) is 0 Å². The average Bonchev–Trinajstić information content (AvgIpc) is 2.03. The Morgan fingerprint density at radius 3 is 2.83 bits per heavy atom. The summed E-state index contributed by atoms with van der Waals surface area (Å²) in [6, 6.07) is 4.11. The average molecular weight is 250 g/mol. The van der Waals surface area contributed by atoms with Crippen molar-refractivity contribution in [1.29, 1.82) is 0 Å². The number of hydrogen-bond acceptors (Lipinski definition) is 2. The predicted octanol–water partition coefficient (Wildman–Crippen LogP) is 2.99. The van der Waals surface area contributed by atoms with E-state index < -0.39 is 0 Å². The minimum absolute atomic E-state index is 0.200. The zero-order chi connectivity index (χ0) is 9.14. The molecule has 0 amide bonds. The highest BCUT2D eigenvalue weighted by Gasteiger charge is 2.08. The summed E-state index contributed by atoms with van der Waals surface area (Å²) in [6.07, 6.45) is 1.76. The fraction of sp³-hybridized carbons (Fsp3) is 0.375. The number of rotatable bonds is 2. The summed E-state index contributed by atoms with van der Waals surface area (Å²) < 4.78 is 2.48. The Bertz CT molecular complexity index is 265. The fourth-order valence-corrected chi connectivity index (χ4v) is 1.38. The third-order valence-electron chi connectivity index (χ3n) is 1.77. The minimum Gasteiger partial charge on any atom is -0.249 e. The zero-order valence-electron chi connectivity index (χ0n) is 6.96. The molecule has 0 aromatic carbocycles. The largest absolute Gasteiger partial charge is 0.249 e. The lowest BCUT2D eigenvalue weighted by atomic mass is 10.1. The number of pyridine rings is 1. The van der Waals surface area contributed by atoms with Gasteiger partial charge in [-0.3, -0.25) is 0 Å². The van der Waals surface area contributed by atoms with Crippen molar-refractivity contribution in [2.45, 2.75) is 13.0 Å². The lowest BCUT2D eigenvalue weighted by Crippen LogP contribution is -2.10. The molecule has 1 rings (SSSR count). The minimum atomic E-state index is 0.200. The van der Waals surface area contributed by atoms with Crippen molar-refractivity contribution in [3.8, 4) is 0 Å². The lowest BCUT2D eigenvalue weighted by Gasteiger charge is -2.16. The molecular weight excluding hydrogens is 239 g/mol. The van der Waals surface area contributed by atoms with Gasteiger partial charge in [-0.05, 0) is 52.3 Å². The molecule has 0 bridgehead atoms. The van der Waals surface area contributed by atoms with E-state index in [1.54, 1.807) is 10.6 Å². The molecule has 0 N–H and O–H groups in total. The Morgan fingerprint density at radius 2 is 2.33 bits per heavy atom. The van der Waals surface area contributed by atoms with Crippen molar-refractivity contribution in [1.82, 2.24) is 9.40 Å². The molecule has 0 aliphatic carbocycles. The number of aromatic nitrogens is 1. The van der Waals surface area contributed by atoms with E-state index in [4.69, 9.17) is 11.8 Å². The van der Waals surface area contributed by atoms with Gasteiger partial charge in [0.2, 0.25) is 0 Å². The Kier molecular flexibility index (Phi) is 3.50. The molecule has 0 aliphatic heterocycles. The van der Waals surface area contributed by atoms with Crippen LogP contribution in [-0.4, -0.2) is 16.5 Å². The van der Waals surface area contributed by atoms with Gasteiger partial charge in [0.15, 0.2) is 0 Å². The molecule has 0 spiro atoms. The van der Waals surface area contributed by atoms with Crippen molar-refractivity contribution >= 4 is 27.7 Å². The maximum atomic E-state index is 5.81. The molecule has 66 valence electrons. The van der Waals surface area contributed by atoms with Crippen molar-refractivity contribution in [2.24, 2.45) is 0 Å². The number of hydrogen-bond donors (Lipinski definition) is 0. The van der Waals surface area contributed by atoms with E-state index in [0.717, 1.165) is 10.2 Å². The molecule has 0 saturated heterocycles. The molecule has 0 aliphatic rings. The molecule has 0 fully saturated rings. The first-order valence-electron chi connectivity index (χ1n) is 3.61. The molecule has 0 unspecified atom stereocenters. The van der Waals surface area contributed by atoms with Gasteiger partial charge < -0.3 is 0 Å². The van der Waals surface area contributed by atoms with Gasteiger partial charge >= 0.3 is 0 Å². The van der Waals surface area contributed by atoms with Crippen LogP contribution in [0.15, 0.2) is 22.9 Å². The van der Waals surface area contributed by atoms with E-state index in [1.807, 2.05) is 26.1 Å². The topological polar surface area (TPSA) is 16.1 Å². The Balaban J connectivity index is 2.88. The summed E-state index contributed by atoms with van der Waals surface area (Å²) in [5, 5.41) is 0. The van der Waals surface area contributed by atoms with Gasteiger partial charge in [0.05, 0.1) is 0 Å². The van der Waals surface area contributed by atoms with E-state index in [1.165, 1.54) is 0 Å². The summed E-state index contributed by atoms with van der Waals surface area (Å²) in [7, 11) is 1.83. The van der Waals surface area contributed by atoms with Crippen LogP contribution < -0.4 is 0 Å². The van der Waals surface area contributed by atoms with Gasteiger partial charge in [0.1, 0.15) is 4.60 Å². The summed E-state index contributed by atoms with van der Waals surface area (Å²) in [5.74, 6) is 0. The molecule has 1 atom stereocenters. The third-order valence-corrected chi connectivity index (χ3v) is 2.49. The molecule has 0 radical (unpaired) electrons. The Hall–Kier alpha value is -0.120. The summed E-state index contributed by atoms with van der Waals surface area (Å²) in [5.41, 5.74) is 1.15. The molecule has 1 aromatic heterocycles. The zero-order valence-corrected chi connectivity index (χ0v) is 9.30.